The molecule has 0 N–H and O–H groups in total. The van der Waals surface area contributed by atoms with E-state index in [1.54, 1.807) is 20.9 Å². The largest absolute Gasteiger partial charge is 0.268 e. The second kappa shape index (κ2) is 3.29. The Kier molecular flexibility index (Phi) is 2.21. The fourth-order valence-electron chi connectivity index (χ4n) is 1.76. The lowest BCUT2D eigenvalue weighted by Crippen LogP contribution is -1.99. The molecule has 0 bridgehead atoms. The minimum absolute atomic E-state index is 0.135. The Hall–Kier alpha value is -1.45. The van der Waals surface area contributed by atoms with E-state index < -0.39 is 11.6 Å². The monoisotopic (exact) mass is 210 g/mol. The van der Waals surface area contributed by atoms with E-state index in [0.717, 1.165) is 0 Å². The van der Waals surface area contributed by atoms with Gasteiger partial charge in [-0.2, -0.15) is 5.10 Å². The van der Waals surface area contributed by atoms with Crippen LogP contribution in [0.1, 0.15) is 25.3 Å². The summed E-state index contributed by atoms with van der Waals surface area (Å²) in [5.74, 6) is -1.17. The van der Waals surface area contributed by atoms with Gasteiger partial charge in [0, 0.05) is 18.7 Å². The second-order valence-corrected chi connectivity index (χ2v) is 3.94. The summed E-state index contributed by atoms with van der Waals surface area (Å²) < 4.78 is 29.0. The van der Waals surface area contributed by atoms with Gasteiger partial charge in [-0.25, -0.2) is 8.78 Å². The van der Waals surface area contributed by atoms with Crippen LogP contribution in [0, 0.1) is 11.6 Å². The fourth-order valence-corrected chi connectivity index (χ4v) is 1.76. The van der Waals surface area contributed by atoms with Crippen LogP contribution in [0.3, 0.4) is 0 Å². The number of hydrogen-bond donors (Lipinski definition) is 0. The first kappa shape index (κ1) is 10.1. The van der Waals surface area contributed by atoms with Crippen molar-refractivity contribution in [2.24, 2.45) is 7.05 Å². The molecular formula is C11H12F2N2. The topological polar surface area (TPSA) is 17.8 Å². The molecule has 0 aliphatic heterocycles. The average Bonchev–Trinajstić information content (AvgIpc) is 2.47. The number of benzene rings is 1. The van der Waals surface area contributed by atoms with Crippen LogP contribution in [-0.2, 0) is 7.05 Å². The summed E-state index contributed by atoms with van der Waals surface area (Å²) in [6, 6.07) is 1.33. The number of fused-ring (bicyclic) bond motifs is 1. The summed E-state index contributed by atoms with van der Waals surface area (Å²) in [5.41, 5.74) is 0.616. The zero-order valence-corrected chi connectivity index (χ0v) is 8.88. The molecule has 0 fully saturated rings. The predicted molar refractivity (Wildman–Crippen MR) is 54.7 cm³/mol. The van der Waals surface area contributed by atoms with Gasteiger partial charge in [-0.3, -0.25) is 4.68 Å². The molecular weight excluding hydrogens is 198 g/mol. The predicted octanol–water partition coefficient (Wildman–Crippen LogP) is 2.97. The molecule has 0 radical (unpaired) electrons. The van der Waals surface area contributed by atoms with E-state index in [9.17, 15) is 8.78 Å². The van der Waals surface area contributed by atoms with Crippen molar-refractivity contribution in [2.45, 2.75) is 19.8 Å². The van der Waals surface area contributed by atoms with Crippen molar-refractivity contribution in [2.75, 3.05) is 0 Å². The van der Waals surface area contributed by atoms with E-state index in [4.69, 9.17) is 0 Å². The van der Waals surface area contributed by atoms with E-state index in [-0.39, 0.29) is 11.5 Å². The highest BCUT2D eigenvalue weighted by atomic mass is 19.1. The molecule has 15 heavy (non-hydrogen) atoms. The van der Waals surface area contributed by atoms with Gasteiger partial charge in [-0.05, 0) is 5.92 Å². The van der Waals surface area contributed by atoms with Crippen LogP contribution in [0.4, 0.5) is 8.78 Å². The Balaban J connectivity index is 2.85. The fraction of sp³-hybridized carbons (Fsp3) is 0.364. The van der Waals surface area contributed by atoms with Gasteiger partial charge in [0.05, 0.1) is 17.1 Å². The van der Waals surface area contributed by atoms with E-state index in [0.29, 0.717) is 10.9 Å². The molecule has 0 saturated heterocycles. The Morgan fingerprint density at radius 3 is 2.60 bits per heavy atom. The van der Waals surface area contributed by atoms with Crippen molar-refractivity contribution >= 4 is 10.9 Å². The summed E-state index contributed by atoms with van der Waals surface area (Å²) >= 11 is 0. The zero-order valence-electron chi connectivity index (χ0n) is 8.88. The van der Waals surface area contributed by atoms with Crippen LogP contribution in [0.5, 0.6) is 0 Å². The minimum atomic E-state index is -0.501. The minimum Gasteiger partial charge on any atom is -0.268 e. The SMILES string of the molecule is CC(C)c1c(F)cc2c(cnn2C)c1F. The van der Waals surface area contributed by atoms with Gasteiger partial charge in [0.1, 0.15) is 11.6 Å². The summed E-state index contributed by atoms with van der Waals surface area (Å²) in [6.45, 7) is 3.54. The number of aromatic nitrogens is 2. The lowest BCUT2D eigenvalue weighted by atomic mass is 10.00. The van der Waals surface area contributed by atoms with Crippen LogP contribution >= 0.6 is 0 Å². The number of aryl methyl sites for hydroxylation is 1. The van der Waals surface area contributed by atoms with Crippen molar-refractivity contribution in [3.63, 3.8) is 0 Å². The number of halogens is 2. The molecule has 0 spiro atoms. The van der Waals surface area contributed by atoms with Crippen LogP contribution < -0.4 is 0 Å². The summed E-state index contributed by atoms with van der Waals surface area (Å²) in [7, 11) is 1.66. The van der Waals surface area contributed by atoms with Crippen molar-refractivity contribution in [3.05, 3.63) is 29.5 Å². The summed E-state index contributed by atoms with van der Waals surface area (Å²) in [4.78, 5) is 0. The highest BCUT2D eigenvalue weighted by molar-refractivity contribution is 5.80. The smallest absolute Gasteiger partial charge is 0.140 e. The summed E-state index contributed by atoms with van der Waals surface area (Å²) in [6.07, 6.45) is 1.43. The Morgan fingerprint density at radius 1 is 1.33 bits per heavy atom. The van der Waals surface area contributed by atoms with Gasteiger partial charge < -0.3 is 0 Å². The van der Waals surface area contributed by atoms with E-state index in [1.807, 2.05) is 0 Å². The molecule has 0 unspecified atom stereocenters. The number of nitrogens with zero attached hydrogens (tertiary/aromatic N) is 2. The molecule has 2 nitrogen and oxygen atoms in total. The van der Waals surface area contributed by atoms with E-state index in [1.165, 1.54) is 16.9 Å². The normalized spacial score (nSPS) is 11.6. The average molecular weight is 210 g/mol. The van der Waals surface area contributed by atoms with Crippen LogP contribution in [0.15, 0.2) is 12.3 Å². The first-order valence-electron chi connectivity index (χ1n) is 4.82. The third-order valence-corrected chi connectivity index (χ3v) is 2.56. The van der Waals surface area contributed by atoms with Gasteiger partial charge >= 0.3 is 0 Å². The highest BCUT2D eigenvalue weighted by Gasteiger charge is 2.18. The molecule has 0 amide bonds. The van der Waals surface area contributed by atoms with Crippen molar-refractivity contribution < 1.29 is 8.78 Å². The van der Waals surface area contributed by atoms with E-state index >= 15 is 0 Å². The Labute approximate surface area is 86.5 Å². The zero-order chi connectivity index (χ0) is 11.2. The van der Waals surface area contributed by atoms with Gasteiger partial charge in [0.2, 0.25) is 0 Å². The van der Waals surface area contributed by atoms with Gasteiger partial charge in [0.15, 0.2) is 0 Å². The maximum atomic E-state index is 13.9. The first-order valence-corrected chi connectivity index (χ1v) is 4.82. The van der Waals surface area contributed by atoms with Gasteiger partial charge in [-0.1, -0.05) is 13.8 Å². The molecule has 2 aromatic rings. The molecule has 0 saturated carbocycles. The second-order valence-electron chi connectivity index (χ2n) is 3.94. The molecule has 2 rings (SSSR count). The van der Waals surface area contributed by atoms with Gasteiger partial charge in [-0.15, -0.1) is 0 Å². The molecule has 1 aromatic carbocycles. The Bertz CT molecular complexity index is 515. The van der Waals surface area contributed by atoms with Crippen molar-refractivity contribution in [3.8, 4) is 0 Å². The van der Waals surface area contributed by atoms with E-state index in [2.05, 4.69) is 5.10 Å². The quantitative estimate of drug-likeness (QED) is 0.707. The standard InChI is InChI=1S/C11H12F2N2/c1-6(2)10-8(12)4-9-7(11(10)13)5-14-15(9)3/h4-6H,1-3H3. The van der Waals surface area contributed by atoms with Gasteiger partial charge in [0.25, 0.3) is 0 Å². The lowest BCUT2D eigenvalue weighted by Gasteiger charge is -2.09. The van der Waals surface area contributed by atoms with Crippen molar-refractivity contribution in [1.82, 2.24) is 9.78 Å². The van der Waals surface area contributed by atoms with Crippen LogP contribution in [0.2, 0.25) is 0 Å². The molecule has 4 heteroatoms. The van der Waals surface area contributed by atoms with Crippen molar-refractivity contribution in [1.29, 1.82) is 0 Å². The molecule has 1 heterocycles. The number of hydrogen-bond acceptors (Lipinski definition) is 1. The lowest BCUT2D eigenvalue weighted by molar-refractivity contribution is 0.549. The number of rotatable bonds is 1. The van der Waals surface area contributed by atoms with Crippen LogP contribution in [0.25, 0.3) is 10.9 Å². The van der Waals surface area contributed by atoms with Crippen LogP contribution in [-0.4, -0.2) is 9.78 Å². The Morgan fingerprint density at radius 2 is 2.00 bits per heavy atom. The first-order chi connectivity index (χ1) is 7.02. The third-order valence-electron chi connectivity index (χ3n) is 2.56. The molecule has 0 aliphatic rings. The summed E-state index contributed by atoms with van der Waals surface area (Å²) in [5, 5.41) is 4.29. The maximum absolute atomic E-state index is 13.9. The molecule has 80 valence electrons. The molecule has 0 atom stereocenters. The highest BCUT2D eigenvalue weighted by Crippen LogP contribution is 2.28. The third kappa shape index (κ3) is 1.40. The molecule has 1 aromatic heterocycles. The molecule has 0 aliphatic carbocycles. The maximum Gasteiger partial charge on any atom is 0.140 e.